The van der Waals surface area contributed by atoms with Crippen LogP contribution in [0.15, 0.2) is 73.1 Å². The summed E-state index contributed by atoms with van der Waals surface area (Å²) >= 11 is 0. The van der Waals surface area contributed by atoms with Crippen molar-refractivity contribution in [3.8, 4) is 17.7 Å². The molecule has 8 nitrogen and oxygen atoms in total. The predicted octanol–water partition coefficient (Wildman–Crippen LogP) is 4.55. The van der Waals surface area contributed by atoms with Crippen LogP contribution in [0.5, 0.6) is 11.6 Å². The molecule has 0 aliphatic carbocycles. The lowest BCUT2D eigenvalue weighted by Crippen LogP contribution is -2.46. The fourth-order valence-electron chi connectivity index (χ4n) is 3.56. The minimum atomic E-state index is -0.770. The Labute approximate surface area is 203 Å². The van der Waals surface area contributed by atoms with Crippen LogP contribution in [0, 0.1) is 17.2 Å². The van der Waals surface area contributed by atoms with Crippen LogP contribution < -0.4 is 15.4 Å². The van der Waals surface area contributed by atoms with E-state index in [-0.39, 0.29) is 17.7 Å². The number of para-hydroxylation sites is 1. The summed E-state index contributed by atoms with van der Waals surface area (Å²) in [5.74, 6) is 0.00362. The fraction of sp³-hybridized carbons (Fsp3) is 0.185. The van der Waals surface area contributed by atoms with Gasteiger partial charge >= 0.3 is 0 Å². The average molecular weight is 468 g/mol. The van der Waals surface area contributed by atoms with E-state index in [9.17, 15) is 9.59 Å². The molecule has 176 valence electrons. The Bertz CT molecular complexity index is 1390. The molecule has 3 N–H and O–H groups in total. The van der Waals surface area contributed by atoms with Crippen molar-refractivity contribution in [3.63, 3.8) is 0 Å². The first kappa shape index (κ1) is 23.5. The smallest absolute Gasteiger partial charge is 0.247 e. The van der Waals surface area contributed by atoms with Crippen molar-refractivity contribution in [3.05, 3.63) is 84.2 Å². The number of carbonyl (C=O) groups is 2. The Balaban J connectivity index is 1.47. The molecule has 0 saturated carbocycles. The number of aromatic amines is 1. The normalized spacial score (nSPS) is 11.6. The molecule has 0 spiro atoms. The molecule has 0 bridgehead atoms. The van der Waals surface area contributed by atoms with E-state index in [4.69, 9.17) is 10.00 Å². The monoisotopic (exact) mass is 467 g/mol. The molecule has 4 aromatic rings. The Morgan fingerprint density at radius 2 is 1.91 bits per heavy atom. The zero-order valence-electron chi connectivity index (χ0n) is 19.4. The Morgan fingerprint density at radius 1 is 1.09 bits per heavy atom. The number of nitrogens with zero attached hydrogens (tertiary/aromatic N) is 2. The molecule has 2 aromatic heterocycles. The van der Waals surface area contributed by atoms with Gasteiger partial charge in [-0.3, -0.25) is 9.59 Å². The number of benzene rings is 2. The lowest BCUT2D eigenvalue weighted by molar-refractivity contribution is -0.128. The highest BCUT2D eigenvalue weighted by Gasteiger charge is 2.24. The number of rotatable bonds is 8. The van der Waals surface area contributed by atoms with Crippen molar-refractivity contribution in [2.45, 2.75) is 26.3 Å². The SMILES string of the molecule is CC(C)C(=O)NC(Cc1c[nH]c2ccccc12)C(=O)Nc1ccc(Oc2cccc(C#N)c2)nc1. The molecule has 1 atom stereocenters. The quantitative estimate of drug-likeness (QED) is 0.351. The number of nitrogens with one attached hydrogen (secondary N) is 3. The molecule has 0 radical (unpaired) electrons. The molecule has 0 aliphatic heterocycles. The third kappa shape index (κ3) is 5.84. The molecule has 2 amide bonds. The largest absolute Gasteiger partial charge is 0.439 e. The van der Waals surface area contributed by atoms with E-state index in [1.165, 1.54) is 6.20 Å². The van der Waals surface area contributed by atoms with Gasteiger partial charge in [0.1, 0.15) is 11.8 Å². The van der Waals surface area contributed by atoms with Crippen molar-refractivity contribution in [2.75, 3.05) is 5.32 Å². The Hall–Kier alpha value is -4.64. The maximum atomic E-state index is 13.2. The number of carbonyl (C=O) groups excluding carboxylic acids is 2. The van der Waals surface area contributed by atoms with E-state index in [0.29, 0.717) is 29.3 Å². The second-order valence-corrected chi connectivity index (χ2v) is 8.40. The highest BCUT2D eigenvalue weighted by Crippen LogP contribution is 2.22. The molecule has 0 aliphatic rings. The number of hydrogen-bond acceptors (Lipinski definition) is 5. The Morgan fingerprint density at radius 3 is 2.66 bits per heavy atom. The number of aromatic nitrogens is 2. The maximum Gasteiger partial charge on any atom is 0.247 e. The van der Waals surface area contributed by atoms with Gasteiger partial charge in [-0.15, -0.1) is 0 Å². The van der Waals surface area contributed by atoms with Crippen LogP contribution >= 0.6 is 0 Å². The number of ether oxygens (including phenoxy) is 1. The summed E-state index contributed by atoms with van der Waals surface area (Å²) in [6.07, 6.45) is 3.67. The van der Waals surface area contributed by atoms with Crippen LogP contribution in [0.1, 0.15) is 25.0 Å². The number of anilines is 1. The van der Waals surface area contributed by atoms with Gasteiger partial charge in [0.2, 0.25) is 17.7 Å². The highest BCUT2D eigenvalue weighted by atomic mass is 16.5. The number of amides is 2. The first-order valence-corrected chi connectivity index (χ1v) is 11.2. The summed E-state index contributed by atoms with van der Waals surface area (Å²) < 4.78 is 5.68. The van der Waals surface area contributed by atoms with Crippen LogP contribution in [-0.4, -0.2) is 27.8 Å². The van der Waals surface area contributed by atoms with Gasteiger partial charge in [-0.1, -0.05) is 38.1 Å². The molecule has 2 aromatic carbocycles. The molecule has 4 rings (SSSR count). The molecule has 35 heavy (non-hydrogen) atoms. The molecular weight excluding hydrogens is 442 g/mol. The number of hydrogen-bond donors (Lipinski definition) is 3. The zero-order chi connectivity index (χ0) is 24.8. The summed E-state index contributed by atoms with van der Waals surface area (Å²) in [6, 6.07) is 19.2. The van der Waals surface area contributed by atoms with E-state index < -0.39 is 6.04 Å². The maximum absolute atomic E-state index is 13.2. The Kier molecular flexibility index (Phi) is 7.07. The van der Waals surface area contributed by atoms with Crippen LogP contribution in [-0.2, 0) is 16.0 Å². The first-order valence-electron chi connectivity index (χ1n) is 11.2. The van der Waals surface area contributed by atoms with Gasteiger partial charge in [-0.05, 0) is 35.9 Å². The van der Waals surface area contributed by atoms with Crippen molar-refractivity contribution >= 4 is 28.4 Å². The predicted molar refractivity (Wildman–Crippen MR) is 133 cm³/mol. The molecule has 2 heterocycles. The van der Waals surface area contributed by atoms with Crippen molar-refractivity contribution in [1.82, 2.24) is 15.3 Å². The topological polar surface area (TPSA) is 120 Å². The van der Waals surface area contributed by atoms with Crippen LogP contribution in [0.3, 0.4) is 0 Å². The van der Waals surface area contributed by atoms with E-state index in [0.717, 1.165) is 16.5 Å². The summed E-state index contributed by atoms with van der Waals surface area (Å²) in [4.78, 5) is 33.0. The fourth-order valence-corrected chi connectivity index (χ4v) is 3.56. The second kappa shape index (κ2) is 10.5. The van der Waals surface area contributed by atoms with Crippen molar-refractivity contribution < 1.29 is 14.3 Å². The van der Waals surface area contributed by atoms with E-state index in [1.54, 1.807) is 50.2 Å². The summed E-state index contributed by atoms with van der Waals surface area (Å²) in [5.41, 5.74) is 2.86. The minimum absolute atomic E-state index is 0.202. The standard InChI is InChI=1S/C27H25N5O3/c1-17(2)26(33)32-24(13-19-15-29-23-9-4-3-8-22(19)23)27(34)31-20-10-11-25(30-16-20)35-21-7-5-6-18(12-21)14-28/h3-12,15-17,24,29H,13H2,1-2H3,(H,31,34)(H,32,33). The summed E-state index contributed by atoms with van der Waals surface area (Å²) in [5, 5.41) is 15.7. The average Bonchev–Trinajstić information content (AvgIpc) is 3.27. The van der Waals surface area contributed by atoms with Gasteiger partial charge < -0.3 is 20.4 Å². The van der Waals surface area contributed by atoms with E-state index >= 15 is 0 Å². The molecular formula is C27H25N5O3. The van der Waals surface area contributed by atoms with E-state index in [1.807, 2.05) is 30.5 Å². The lowest BCUT2D eigenvalue weighted by atomic mass is 10.0. The number of nitriles is 1. The molecule has 8 heteroatoms. The highest BCUT2D eigenvalue weighted by molar-refractivity contribution is 5.98. The lowest BCUT2D eigenvalue weighted by Gasteiger charge is -2.19. The third-order valence-corrected chi connectivity index (χ3v) is 5.45. The van der Waals surface area contributed by atoms with Crippen LogP contribution in [0.25, 0.3) is 10.9 Å². The molecule has 0 saturated heterocycles. The first-order chi connectivity index (χ1) is 16.9. The summed E-state index contributed by atoms with van der Waals surface area (Å²) in [7, 11) is 0. The minimum Gasteiger partial charge on any atom is -0.439 e. The van der Waals surface area contributed by atoms with Gasteiger partial charge in [-0.25, -0.2) is 4.98 Å². The van der Waals surface area contributed by atoms with Crippen molar-refractivity contribution in [2.24, 2.45) is 5.92 Å². The van der Waals surface area contributed by atoms with Gasteiger partial charge in [0.15, 0.2) is 0 Å². The molecule has 1 unspecified atom stereocenters. The zero-order valence-corrected chi connectivity index (χ0v) is 19.4. The third-order valence-electron chi connectivity index (χ3n) is 5.45. The van der Waals surface area contributed by atoms with Gasteiger partial charge in [0.25, 0.3) is 0 Å². The number of pyridine rings is 1. The number of fused-ring (bicyclic) bond motifs is 1. The van der Waals surface area contributed by atoms with Gasteiger partial charge in [0.05, 0.1) is 23.5 Å². The number of H-pyrrole nitrogens is 1. The van der Waals surface area contributed by atoms with Gasteiger partial charge in [0, 0.05) is 35.5 Å². The van der Waals surface area contributed by atoms with Crippen LogP contribution in [0.2, 0.25) is 0 Å². The second-order valence-electron chi connectivity index (χ2n) is 8.40. The van der Waals surface area contributed by atoms with Gasteiger partial charge in [-0.2, -0.15) is 5.26 Å². The summed E-state index contributed by atoms with van der Waals surface area (Å²) in [6.45, 7) is 3.57. The van der Waals surface area contributed by atoms with Crippen LogP contribution in [0.4, 0.5) is 5.69 Å². The molecule has 0 fully saturated rings. The van der Waals surface area contributed by atoms with Crippen molar-refractivity contribution in [1.29, 1.82) is 5.26 Å². The van der Waals surface area contributed by atoms with E-state index in [2.05, 4.69) is 26.7 Å².